The fraction of sp³-hybridized carbons (Fsp3) is 0.250. The van der Waals surface area contributed by atoms with E-state index >= 15 is 0 Å². The van der Waals surface area contributed by atoms with Crippen LogP contribution < -0.4 is 0 Å². The standard InChI is InChI=1S/C24H25N5O/c1-5-28(6-2)24(30)19-14-20(18-11-9-13-25-15-18)26-23-22(19)17(4)27-29(23)21-12-8-7-10-16(21)3/h7-15H,5-6H2,1-4H3. The van der Waals surface area contributed by atoms with Crippen LogP contribution in [0.5, 0.6) is 0 Å². The number of nitrogens with zero attached hydrogens (tertiary/aromatic N) is 5. The van der Waals surface area contributed by atoms with Crippen molar-refractivity contribution in [3.05, 3.63) is 71.7 Å². The van der Waals surface area contributed by atoms with Crippen LogP contribution in [-0.2, 0) is 0 Å². The van der Waals surface area contributed by atoms with E-state index in [0.29, 0.717) is 30.0 Å². The fourth-order valence-corrected chi connectivity index (χ4v) is 3.77. The Balaban J connectivity index is 2.05. The molecule has 0 spiro atoms. The molecule has 1 amide bonds. The second-order valence-electron chi connectivity index (χ2n) is 7.26. The SMILES string of the molecule is CCN(CC)C(=O)c1cc(-c2cccnc2)nc2c1c(C)nn2-c1ccccc1C. The molecule has 0 bridgehead atoms. The normalized spacial score (nSPS) is 11.1. The molecule has 0 fully saturated rings. The Morgan fingerprint density at radius 3 is 2.50 bits per heavy atom. The van der Waals surface area contributed by atoms with E-state index in [9.17, 15) is 4.79 Å². The molecule has 0 saturated carbocycles. The maximum Gasteiger partial charge on any atom is 0.254 e. The number of carbonyl (C=O) groups excluding carboxylic acids is 1. The number of hydrogen-bond donors (Lipinski definition) is 0. The molecular formula is C24H25N5O. The number of rotatable bonds is 5. The second-order valence-corrected chi connectivity index (χ2v) is 7.26. The predicted molar refractivity (Wildman–Crippen MR) is 119 cm³/mol. The van der Waals surface area contributed by atoms with Crippen LogP contribution >= 0.6 is 0 Å². The molecule has 0 saturated heterocycles. The fourth-order valence-electron chi connectivity index (χ4n) is 3.77. The van der Waals surface area contributed by atoms with Crippen LogP contribution in [-0.4, -0.2) is 43.6 Å². The summed E-state index contributed by atoms with van der Waals surface area (Å²) >= 11 is 0. The summed E-state index contributed by atoms with van der Waals surface area (Å²) in [5.74, 6) is -0.00928. The van der Waals surface area contributed by atoms with E-state index in [4.69, 9.17) is 10.1 Å². The zero-order valence-corrected chi connectivity index (χ0v) is 17.8. The van der Waals surface area contributed by atoms with Gasteiger partial charge in [0.2, 0.25) is 0 Å². The molecule has 4 rings (SSSR count). The van der Waals surface area contributed by atoms with Gasteiger partial charge in [-0.15, -0.1) is 0 Å². The number of aryl methyl sites for hydroxylation is 2. The van der Waals surface area contributed by atoms with Crippen molar-refractivity contribution < 1.29 is 4.79 Å². The number of aromatic nitrogens is 4. The molecule has 4 aromatic rings. The maximum absolute atomic E-state index is 13.4. The Bertz CT molecular complexity index is 1210. The van der Waals surface area contributed by atoms with Crippen molar-refractivity contribution in [1.82, 2.24) is 24.6 Å². The van der Waals surface area contributed by atoms with Gasteiger partial charge in [-0.2, -0.15) is 5.10 Å². The highest BCUT2D eigenvalue weighted by Crippen LogP contribution is 2.30. The van der Waals surface area contributed by atoms with Crippen molar-refractivity contribution >= 4 is 16.9 Å². The first-order valence-corrected chi connectivity index (χ1v) is 10.2. The molecule has 6 nitrogen and oxygen atoms in total. The van der Waals surface area contributed by atoms with Gasteiger partial charge in [-0.25, -0.2) is 9.67 Å². The van der Waals surface area contributed by atoms with Gasteiger partial charge in [-0.05, 0) is 57.5 Å². The summed E-state index contributed by atoms with van der Waals surface area (Å²) in [6.07, 6.45) is 3.49. The molecule has 3 aromatic heterocycles. The minimum Gasteiger partial charge on any atom is -0.339 e. The molecule has 0 aliphatic heterocycles. The molecular weight excluding hydrogens is 374 g/mol. The monoisotopic (exact) mass is 399 g/mol. The van der Waals surface area contributed by atoms with Crippen molar-refractivity contribution in [1.29, 1.82) is 0 Å². The van der Waals surface area contributed by atoms with Gasteiger partial charge in [0.25, 0.3) is 5.91 Å². The van der Waals surface area contributed by atoms with Crippen molar-refractivity contribution in [2.75, 3.05) is 13.1 Å². The Morgan fingerprint density at radius 2 is 1.83 bits per heavy atom. The number of fused-ring (bicyclic) bond motifs is 1. The molecule has 0 unspecified atom stereocenters. The van der Waals surface area contributed by atoms with Crippen LogP contribution in [0.2, 0.25) is 0 Å². The lowest BCUT2D eigenvalue weighted by atomic mass is 10.1. The molecule has 0 aliphatic carbocycles. The van der Waals surface area contributed by atoms with E-state index in [1.807, 2.05) is 79.7 Å². The van der Waals surface area contributed by atoms with Crippen molar-refractivity contribution in [2.24, 2.45) is 0 Å². The molecule has 30 heavy (non-hydrogen) atoms. The molecule has 0 radical (unpaired) electrons. The van der Waals surface area contributed by atoms with E-state index in [-0.39, 0.29) is 5.91 Å². The highest BCUT2D eigenvalue weighted by atomic mass is 16.2. The van der Waals surface area contributed by atoms with Gasteiger partial charge in [0.1, 0.15) is 0 Å². The number of benzene rings is 1. The van der Waals surface area contributed by atoms with Crippen molar-refractivity contribution in [3.8, 4) is 16.9 Å². The average molecular weight is 399 g/mol. The smallest absolute Gasteiger partial charge is 0.254 e. The van der Waals surface area contributed by atoms with Gasteiger partial charge in [-0.1, -0.05) is 18.2 Å². The maximum atomic E-state index is 13.4. The van der Waals surface area contributed by atoms with Gasteiger partial charge >= 0.3 is 0 Å². The molecule has 0 N–H and O–H groups in total. The number of hydrogen-bond acceptors (Lipinski definition) is 4. The molecule has 6 heteroatoms. The lowest BCUT2D eigenvalue weighted by Gasteiger charge is -2.19. The summed E-state index contributed by atoms with van der Waals surface area (Å²) in [7, 11) is 0. The van der Waals surface area contributed by atoms with Gasteiger partial charge in [0.05, 0.1) is 28.0 Å². The third-order valence-electron chi connectivity index (χ3n) is 5.39. The first-order chi connectivity index (χ1) is 14.5. The summed E-state index contributed by atoms with van der Waals surface area (Å²) in [6.45, 7) is 9.25. The van der Waals surface area contributed by atoms with Gasteiger partial charge < -0.3 is 4.90 Å². The van der Waals surface area contributed by atoms with Gasteiger partial charge in [-0.3, -0.25) is 9.78 Å². The van der Waals surface area contributed by atoms with Crippen molar-refractivity contribution in [2.45, 2.75) is 27.7 Å². The summed E-state index contributed by atoms with van der Waals surface area (Å²) in [5, 5.41) is 5.57. The van der Waals surface area contributed by atoms with E-state index in [2.05, 4.69) is 4.98 Å². The highest BCUT2D eigenvalue weighted by Gasteiger charge is 2.23. The minimum absolute atomic E-state index is 0.00928. The van der Waals surface area contributed by atoms with E-state index in [0.717, 1.165) is 27.9 Å². The molecule has 3 heterocycles. The third kappa shape index (κ3) is 3.34. The highest BCUT2D eigenvalue weighted by molar-refractivity contribution is 6.07. The summed E-state index contributed by atoms with van der Waals surface area (Å²) in [5.41, 5.74) is 5.70. The van der Waals surface area contributed by atoms with E-state index in [1.165, 1.54) is 0 Å². The average Bonchev–Trinajstić information content (AvgIpc) is 3.11. The van der Waals surface area contributed by atoms with E-state index in [1.54, 1.807) is 12.4 Å². The van der Waals surface area contributed by atoms with Crippen LogP contribution in [0.15, 0.2) is 54.9 Å². The molecule has 0 aliphatic rings. The number of para-hydroxylation sites is 1. The molecule has 152 valence electrons. The van der Waals surface area contributed by atoms with Crippen molar-refractivity contribution in [3.63, 3.8) is 0 Å². The van der Waals surface area contributed by atoms with Crippen LogP contribution in [0.4, 0.5) is 0 Å². The first-order valence-electron chi connectivity index (χ1n) is 10.2. The first kappa shape index (κ1) is 19.8. The predicted octanol–water partition coefficient (Wildman–Crippen LogP) is 4.58. The Hall–Kier alpha value is -3.54. The van der Waals surface area contributed by atoms with Crippen LogP contribution in [0, 0.1) is 13.8 Å². The summed E-state index contributed by atoms with van der Waals surface area (Å²) in [4.78, 5) is 24.4. The van der Waals surface area contributed by atoms with Crippen LogP contribution in [0.3, 0.4) is 0 Å². The quantitative estimate of drug-likeness (QED) is 0.493. The topological polar surface area (TPSA) is 63.9 Å². The zero-order valence-electron chi connectivity index (χ0n) is 17.8. The summed E-state index contributed by atoms with van der Waals surface area (Å²) in [6, 6.07) is 13.7. The van der Waals surface area contributed by atoms with Gasteiger partial charge in [0.15, 0.2) is 5.65 Å². The largest absolute Gasteiger partial charge is 0.339 e. The number of carbonyl (C=O) groups is 1. The Labute approximate surface area is 176 Å². The van der Waals surface area contributed by atoms with Crippen LogP contribution in [0.25, 0.3) is 28.0 Å². The lowest BCUT2D eigenvalue weighted by Crippen LogP contribution is -2.30. The number of pyridine rings is 2. The molecule has 0 atom stereocenters. The minimum atomic E-state index is -0.00928. The Morgan fingerprint density at radius 1 is 1.07 bits per heavy atom. The van der Waals surface area contributed by atoms with E-state index < -0.39 is 0 Å². The molecule has 1 aromatic carbocycles. The lowest BCUT2D eigenvalue weighted by molar-refractivity contribution is 0.0775. The van der Waals surface area contributed by atoms with Gasteiger partial charge in [0, 0.05) is 31.0 Å². The zero-order chi connectivity index (χ0) is 21.3. The number of amides is 1. The summed E-state index contributed by atoms with van der Waals surface area (Å²) < 4.78 is 1.85. The van der Waals surface area contributed by atoms with Crippen LogP contribution in [0.1, 0.15) is 35.5 Å². The third-order valence-corrected chi connectivity index (χ3v) is 5.39. The second kappa shape index (κ2) is 8.06. The Kier molecular flexibility index (Phi) is 5.31.